The number of amides is 1. The number of rotatable bonds is 6. The Labute approximate surface area is 153 Å². The maximum atomic E-state index is 12.3. The number of hydrogen-bond donors (Lipinski definition) is 1. The standard InChI is InChI=1S/C17H15ClN2O6/c1-10(16(21)19-12-5-3-11(18)4-6-12)26-17(22)14-9-13(20(23)24)7-8-15(14)25-2/h3-10H,1-2H3,(H,19,21)/t10-/m1/s1. The van der Waals surface area contributed by atoms with Gasteiger partial charge in [-0.15, -0.1) is 0 Å². The molecule has 2 rings (SSSR count). The van der Waals surface area contributed by atoms with Gasteiger partial charge in [-0.1, -0.05) is 11.6 Å². The van der Waals surface area contributed by atoms with Crippen molar-refractivity contribution >= 4 is 34.9 Å². The molecule has 1 atom stereocenters. The Bertz CT molecular complexity index is 838. The van der Waals surface area contributed by atoms with Crippen LogP contribution in [0.15, 0.2) is 42.5 Å². The van der Waals surface area contributed by atoms with Crippen LogP contribution in [0.4, 0.5) is 11.4 Å². The van der Waals surface area contributed by atoms with Crippen molar-refractivity contribution in [1.29, 1.82) is 0 Å². The van der Waals surface area contributed by atoms with E-state index in [9.17, 15) is 19.7 Å². The third-order valence-electron chi connectivity index (χ3n) is 3.38. The Morgan fingerprint density at radius 3 is 2.42 bits per heavy atom. The number of nitrogens with one attached hydrogen (secondary N) is 1. The fraction of sp³-hybridized carbons (Fsp3) is 0.176. The number of carbonyl (C=O) groups excluding carboxylic acids is 2. The van der Waals surface area contributed by atoms with Crippen LogP contribution in [0.5, 0.6) is 5.75 Å². The molecule has 9 heteroatoms. The van der Waals surface area contributed by atoms with Crippen LogP contribution < -0.4 is 10.1 Å². The number of nitrogens with zero attached hydrogens (tertiary/aromatic N) is 1. The van der Waals surface area contributed by atoms with Crippen LogP contribution >= 0.6 is 11.6 Å². The third-order valence-corrected chi connectivity index (χ3v) is 3.63. The Hall–Kier alpha value is -3.13. The van der Waals surface area contributed by atoms with Crippen molar-refractivity contribution in [1.82, 2.24) is 0 Å². The van der Waals surface area contributed by atoms with E-state index in [2.05, 4.69) is 5.32 Å². The van der Waals surface area contributed by atoms with Crippen molar-refractivity contribution in [3.05, 3.63) is 63.2 Å². The van der Waals surface area contributed by atoms with Crippen LogP contribution in [-0.4, -0.2) is 30.0 Å². The number of anilines is 1. The predicted molar refractivity (Wildman–Crippen MR) is 94.6 cm³/mol. The molecule has 0 saturated heterocycles. The molecule has 0 spiro atoms. The fourth-order valence-corrected chi connectivity index (χ4v) is 2.15. The molecular weight excluding hydrogens is 364 g/mol. The molecule has 0 aliphatic heterocycles. The number of benzene rings is 2. The predicted octanol–water partition coefficient (Wildman–Crippen LogP) is 3.44. The number of non-ortho nitro benzene ring substituents is 1. The lowest BCUT2D eigenvalue weighted by atomic mass is 10.1. The molecule has 1 N–H and O–H groups in total. The molecule has 0 fully saturated rings. The summed E-state index contributed by atoms with van der Waals surface area (Å²) in [6.45, 7) is 1.38. The minimum Gasteiger partial charge on any atom is -0.496 e. The van der Waals surface area contributed by atoms with E-state index in [0.717, 1.165) is 6.07 Å². The number of nitro groups is 1. The molecule has 0 aliphatic rings. The van der Waals surface area contributed by atoms with Crippen molar-refractivity contribution in [3.63, 3.8) is 0 Å². The highest BCUT2D eigenvalue weighted by Gasteiger charge is 2.23. The lowest BCUT2D eigenvalue weighted by Gasteiger charge is -2.14. The highest BCUT2D eigenvalue weighted by Crippen LogP contribution is 2.25. The summed E-state index contributed by atoms with van der Waals surface area (Å²) in [7, 11) is 1.31. The second-order valence-electron chi connectivity index (χ2n) is 5.19. The van der Waals surface area contributed by atoms with Crippen LogP contribution in [0.3, 0.4) is 0 Å². The van der Waals surface area contributed by atoms with E-state index in [1.54, 1.807) is 24.3 Å². The summed E-state index contributed by atoms with van der Waals surface area (Å²) in [5.74, 6) is -1.37. The molecule has 0 aromatic heterocycles. The van der Waals surface area contributed by atoms with Gasteiger partial charge in [0.25, 0.3) is 11.6 Å². The normalized spacial score (nSPS) is 11.3. The monoisotopic (exact) mass is 378 g/mol. The fourth-order valence-electron chi connectivity index (χ4n) is 2.02. The van der Waals surface area contributed by atoms with Gasteiger partial charge in [-0.05, 0) is 37.3 Å². The maximum Gasteiger partial charge on any atom is 0.342 e. The average Bonchev–Trinajstić information content (AvgIpc) is 2.62. The van der Waals surface area contributed by atoms with Gasteiger partial charge in [-0.25, -0.2) is 4.79 Å². The molecule has 0 aliphatic carbocycles. The van der Waals surface area contributed by atoms with Gasteiger partial charge in [0.15, 0.2) is 6.10 Å². The zero-order valence-corrected chi connectivity index (χ0v) is 14.6. The first-order chi connectivity index (χ1) is 12.3. The highest BCUT2D eigenvalue weighted by molar-refractivity contribution is 6.30. The third kappa shape index (κ3) is 4.70. The van der Waals surface area contributed by atoms with Crippen molar-refractivity contribution in [2.75, 3.05) is 12.4 Å². The lowest BCUT2D eigenvalue weighted by molar-refractivity contribution is -0.384. The zero-order valence-electron chi connectivity index (χ0n) is 13.9. The van der Waals surface area contributed by atoms with Gasteiger partial charge in [0.1, 0.15) is 11.3 Å². The smallest absolute Gasteiger partial charge is 0.342 e. The van der Waals surface area contributed by atoms with Crippen molar-refractivity contribution in [2.45, 2.75) is 13.0 Å². The molecule has 0 saturated carbocycles. The van der Waals surface area contributed by atoms with E-state index in [1.165, 1.54) is 26.2 Å². The van der Waals surface area contributed by atoms with Crippen molar-refractivity contribution in [3.8, 4) is 5.75 Å². The molecule has 8 nitrogen and oxygen atoms in total. The van der Waals surface area contributed by atoms with Crippen LogP contribution in [0.2, 0.25) is 5.02 Å². The van der Waals surface area contributed by atoms with E-state index < -0.39 is 22.9 Å². The summed E-state index contributed by atoms with van der Waals surface area (Å²) in [6.07, 6.45) is -1.14. The lowest BCUT2D eigenvalue weighted by Crippen LogP contribution is -2.30. The molecule has 0 heterocycles. The number of methoxy groups -OCH3 is 1. The molecule has 2 aromatic rings. The first kappa shape index (κ1) is 19.2. The number of nitro benzene ring substituents is 1. The highest BCUT2D eigenvalue weighted by atomic mass is 35.5. The van der Waals surface area contributed by atoms with Gasteiger partial charge in [0, 0.05) is 22.8 Å². The molecule has 0 radical (unpaired) electrons. The molecule has 26 heavy (non-hydrogen) atoms. The Kier molecular flexibility index (Phi) is 6.13. The SMILES string of the molecule is COc1ccc([N+](=O)[O-])cc1C(=O)O[C@H](C)C(=O)Nc1ccc(Cl)cc1. The van der Waals surface area contributed by atoms with E-state index in [0.29, 0.717) is 10.7 Å². The topological polar surface area (TPSA) is 108 Å². The second-order valence-corrected chi connectivity index (χ2v) is 5.62. The van der Waals surface area contributed by atoms with Crippen molar-refractivity contribution < 1.29 is 24.0 Å². The summed E-state index contributed by atoms with van der Waals surface area (Å²) in [4.78, 5) is 34.6. The average molecular weight is 379 g/mol. The quantitative estimate of drug-likeness (QED) is 0.468. The van der Waals surface area contributed by atoms with Gasteiger partial charge in [-0.2, -0.15) is 0 Å². The van der Waals surface area contributed by atoms with Gasteiger partial charge in [-0.3, -0.25) is 14.9 Å². The van der Waals surface area contributed by atoms with Gasteiger partial charge < -0.3 is 14.8 Å². The largest absolute Gasteiger partial charge is 0.496 e. The first-order valence-corrected chi connectivity index (χ1v) is 7.79. The number of hydrogen-bond acceptors (Lipinski definition) is 6. The number of ether oxygens (including phenoxy) is 2. The minimum absolute atomic E-state index is 0.103. The summed E-state index contributed by atoms with van der Waals surface area (Å²) < 4.78 is 10.1. The summed E-state index contributed by atoms with van der Waals surface area (Å²) in [5, 5.41) is 14.0. The molecular formula is C17H15ClN2O6. The first-order valence-electron chi connectivity index (χ1n) is 7.41. The van der Waals surface area contributed by atoms with E-state index in [-0.39, 0.29) is 17.0 Å². The molecule has 0 unspecified atom stereocenters. The van der Waals surface area contributed by atoms with Crippen LogP contribution in [0.1, 0.15) is 17.3 Å². The van der Waals surface area contributed by atoms with Crippen molar-refractivity contribution in [2.24, 2.45) is 0 Å². The Balaban J connectivity index is 2.10. The molecule has 136 valence electrons. The van der Waals surface area contributed by atoms with Crippen LogP contribution in [0.25, 0.3) is 0 Å². The van der Waals surface area contributed by atoms with E-state index >= 15 is 0 Å². The minimum atomic E-state index is -1.14. The van der Waals surface area contributed by atoms with Crippen LogP contribution in [-0.2, 0) is 9.53 Å². The number of halogens is 1. The zero-order chi connectivity index (χ0) is 19.3. The molecule has 0 bridgehead atoms. The molecule has 2 aromatic carbocycles. The number of esters is 1. The summed E-state index contributed by atoms with van der Waals surface area (Å²) in [6, 6.07) is 9.91. The van der Waals surface area contributed by atoms with Gasteiger partial charge >= 0.3 is 5.97 Å². The van der Waals surface area contributed by atoms with E-state index in [4.69, 9.17) is 21.1 Å². The summed E-state index contributed by atoms with van der Waals surface area (Å²) in [5.41, 5.74) is 0.0408. The van der Waals surface area contributed by atoms with Gasteiger partial charge in [0.2, 0.25) is 0 Å². The maximum absolute atomic E-state index is 12.3. The van der Waals surface area contributed by atoms with Gasteiger partial charge in [0.05, 0.1) is 12.0 Å². The number of carbonyl (C=O) groups is 2. The van der Waals surface area contributed by atoms with E-state index in [1.807, 2.05) is 0 Å². The Morgan fingerprint density at radius 1 is 1.19 bits per heavy atom. The molecule has 1 amide bonds. The summed E-state index contributed by atoms with van der Waals surface area (Å²) >= 11 is 5.77. The Morgan fingerprint density at radius 2 is 1.85 bits per heavy atom. The second kappa shape index (κ2) is 8.30. The van der Waals surface area contributed by atoms with Crippen LogP contribution in [0, 0.1) is 10.1 Å².